The number of hydrogen-bond acceptors (Lipinski definition) is 2. The molecule has 3 nitrogen and oxygen atoms in total. The van der Waals surface area contributed by atoms with E-state index in [0.717, 1.165) is 10.0 Å². The highest BCUT2D eigenvalue weighted by molar-refractivity contribution is 9.10. The van der Waals surface area contributed by atoms with E-state index in [1.165, 1.54) is 4.31 Å². The van der Waals surface area contributed by atoms with E-state index in [1.54, 1.807) is 49.5 Å². The highest BCUT2D eigenvalue weighted by atomic mass is 79.9. The number of rotatable bonds is 3. The first-order valence-electron chi connectivity index (χ1n) is 5.72. The van der Waals surface area contributed by atoms with Crippen LogP contribution in [0.15, 0.2) is 57.9 Å². The Hall–Kier alpha value is -1.33. The lowest BCUT2D eigenvalue weighted by Crippen LogP contribution is -2.26. The van der Waals surface area contributed by atoms with Crippen molar-refractivity contribution in [1.29, 1.82) is 0 Å². The van der Waals surface area contributed by atoms with Crippen molar-refractivity contribution < 1.29 is 8.42 Å². The van der Waals surface area contributed by atoms with Gasteiger partial charge >= 0.3 is 0 Å². The van der Waals surface area contributed by atoms with Crippen molar-refractivity contribution >= 4 is 31.6 Å². The summed E-state index contributed by atoms with van der Waals surface area (Å²) in [7, 11) is -1.96. The van der Waals surface area contributed by atoms with Crippen LogP contribution >= 0.6 is 15.9 Å². The van der Waals surface area contributed by atoms with E-state index in [1.807, 2.05) is 13.0 Å². The van der Waals surface area contributed by atoms with Gasteiger partial charge in [-0.2, -0.15) is 0 Å². The number of nitrogens with zero attached hydrogens (tertiary/aromatic N) is 1. The Morgan fingerprint density at radius 2 is 1.68 bits per heavy atom. The molecule has 2 aromatic carbocycles. The standard InChI is InChI=1S/C14H14BrNO2S/c1-11-6-8-14(9-7-11)19(17,18)16(2)13-5-3-4-12(15)10-13/h3-10H,1-2H3. The van der Waals surface area contributed by atoms with Crippen molar-refractivity contribution in [1.82, 2.24) is 0 Å². The first kappa shape index (κ1) is 14.1. The van der Waals surface area contributed by atoms with Crippen molar-refractivity contribution in [2.45, 2.75) is 11.8 Å². The van der Waals surface area contributed by atoms with Crippen LogP contribution in [0, 0.1) is 6.92 Å². The van der Waals surface area contributed by atoms with Crippen LogP contribution in [0.1, 0.15) is 5.56 Å². The van der Waals surface area contributed by atoms with Gasteiger partial charge < -0.3 is 0 Å². The minimum Gasteiger partial charge on any atom is -0.269 e. The van der Waals surface area contributed by atoms with E-state index < -0.39 is 10.0 Å². The Kier molecular flexibility index (Phi) is 3.96. The fourth-order valence-electron chi connectivity index (χ4n) is 1.68. The molecule has 19 heavy (non-hydrogen) atoms. The molecule has 0 aromatic heterocycles. The molecule has 5 heteroatoms. The van der Waals surface area contributed by atoms with Gasteiger partial charge in [-0.25, -0.2) is 8.42 Å². The minimum atomic E-state index is -3.51. The molecule has 0 aliphatic rings. The van der Waals surface area contributed by atoms with E-state index in [-0.39, 0.29) is 0 Å². The Balaban J connectivity index is 2.42. The molecule has 0 saturated carbocycles. The van der Waals surface area contributed by atoms with E-state index >= 15 is 0 Å². The Morgan fingerprint density at radius 1 is 1.05 bits per heavy atom. The summed E-state index contributed by atoms with van der Waals surface area (Å²) in [6.45, 7) is 1.93. The molecule has 0 aliphatic carbocycles. The zero-order valence-electron chi connectivity index (χ0n) is 10.7. The molecule has 0 N–H and O–H groups in total. The molecule has 0 heterocycles. The molecule has 0 saturated heterocycles. The molecule has 2 aromatic rings. The molecule has 0 bridgehead atoms. The Labute approximate surface area is 122 Å². The van der Waals surface area contributed by atoms with Crippen molar-refractivity contribution in [3.05, 3.63) is 58.6 Å². The van der Waals surface area contributed by atoms with Crippen LogP contribution in [-0.2, 0) is 10.0 Å². The molecule has 0 spiro atoms. The maximum atomic E-state index is 12.5. The number of halogens is 1. The second-order valence-electron chi connectivity index (χ2n) is 4.27. The minimum absolute atomic E-state index is 0.292. The third-order valence-electron chi connectivity index (χ3n) is 2.85. The van der Waals surface area contributed by atoms with Gasteiger partial charge in [0.05, 0.1) is 10.6 Å². The quantitative estimate of drug-likeness (QED) is 0.856. The first-order chi connectivity index (χ1) is 8.91. The van der Waals surface area contributed by atoms with Crippen LogP contribution in [0.3, 0.4) is 0 Å². The van der Waals surface area contributed by atoms with Crippen LogP contribution < -0.4 is 4.31 Å². The number of benzene rings is 2. The predicted molar refractivity (Wildman–Crippen MR) is 80.9 cm³/mol. The molecule has 100 valence electrons. The van der Waals surface area contributed by atoms with Crippen LogP contribution in [-0.4, -0.2) is 15.5 Å². The molecule has 0 fully saturated rings. The summed E-state index contributed by atoms with van der Waals surface area (Å²) in [4.78, 5) is 0.292. The van der Waals surface area contributed by atoms with Crippen molar-refractivity contribution in [3.8, 4) is 0 Å². The van der Waals surface area contributed by atoms with Crippen LogP contribution in [0.4, 0.5) is 5.69 Å². The number of anilines is 1. The normalized spacial score (nSPS) is 11.3. The first-order valence-corrected chi connectivity index (χ1v) is 7.96. The van der Waals surface area contributed by atoms with Gasteiger partial charge in [-0.15, -0.1) is 0 Å². The summed E-state index contributed by atoms with van der Waals surface area (Å²) in [6, 6.07) is 14.0. The highest BCUT2D eigenvalue weighted by Crippen LogP contribution is 2.24. The van der Waals surface area contributed by atoms with Crippen molar-refractivity contribution in [2.75, 3.05) is 11.4 Å². The fraction of sp³-hybridized carbons (Fsp3) is 0.143. The largest absolute Gasteiger partial charge is 0.269 e. The lowest BCUT2D eigenvalue weighted by molar-refractivity contribution is 0.594. The molecular weight excluding hydrogens is 326 g/mol. The van der Waals surface area contributed by atoms with Gasteiger partial charge in [0.1, 0.15) is 0 Å². The van der Waals surface area contributed by atoms with Gasteiger partial charge in [0.25, 0.3) is 10.0 Å². The smallest absolute Gasteiger partial charge is 0.264 e. The summed E-state index contributed by atoms with van der Waals surface area (Å²) in [5, 5.41) is 0. The van der Waals surface area contributed by atoms with E-state index in [0.29, 0.717) is 10.6 Å². The third-order valence-corrected chi connectivity index (χ3v) is 5.14. The van der Waals surface area contributed by atoms with Gasteiger partial charge in [0.15, 0.2) is 0 Å². The Morgan fingerprint density at radius 3 is 2.26 bits per heavy atom. The van der Waals surface area contributed by atoms with Gasteiger partial charge in [0.2, 0.25) is 0 Å². The molecule has 0 aliphatic heterocycles. The van der Waals surface area contributed by atoms with Gasteiger partial charge in [-0.1, -0.05) is 39.7 Å². The number of hydrogen-bond donors (Lipinski definition) is 0. The number of aryl methyl sites for hydroxylation is 1. The molecule has 0 amide bonds. The van der Waals surface area contributed by atoms with Gasteiger partial charge in [0, 0.05) is 11.5 Å². The van der Waals surface area contributed by atoms with Gasteiger partial charge in [-0.05, 0) is 37.3 Å². The molecule has 2 rings (SSSR count). The summed E-state index contributed by atoms with van der Waals surface area (Å²) >= 11 is 3.34. The van der Waals surface area contributed by atoms with Crippen LogP contribution in [0.5, 0.6) is 0 Å². The van der Waals surface area contributed by atoms with Crippen LogP contribution in [0.25, 0.3) is 0 Å². The zero-order valence-corrected chi connectivity index (χ0v) is 13.1. The number of sulfonamides is 1. The van der Waals surface area contributed by atoms with Crippen molar-refractivity contribution in [2.24, 2.45) is 0 Å². The monoisotopic (exact) mass is 339 g/mol. The summed E-state index contributed by atoms with van der Waals surface area (Å²) < 4.78 is 27.1. The summed E-state index contributed by atoms with van der Waals surface area (Å²) in [5.74, 6) is 0. The van der Waals surface area contributed by atoms with Gasteiger partial charge in [-0.3, -0.25) is 4.31 Å². The summed E-state index contributed by atoms with van der Waals surface area (Å²) in [5.41, 5.74) is 1.65. The maximum absolute atomic E-state index is 12.5. The fourth-order valence-corrected chi connectivity index (χ4v) is 3.25. The highest BCUT2D eigenvalue weighted by Gasteiger charge is 2.20. The van der Waals surface area contributed by atoms with E-state index in [2.05, 4.69) is 15.9 Å². The Bertz CT molecular complexity index is 681. The van der Waals surface area contributed by atoms with Crippen molar-refractivity contribution in [3.63, 3.8) is 0 Å². The maximum Gasteiger partial charge on any atom is 0.264 e. The second kappa shape index (κ2) is 5.35. The molecule has 0 atom stereocenters. The average molecular weight is 340 g/mol. The molecular formula is C14H14BrNO2S. The van der Waals surface area contributed by atoms with E-state index in [9.17, 15) is 8.42 Å². The third kappa shape index (κ3) is 2.98. The zero-order chi connectivity index (χ0) is 14.0. The molecule has 0 radical (unpaired) electrons. The predicted octanol–water partition coefficient (Wildman–Crippen LogP) is 3.58. The van der Waals surface area contributed by atoms with E-state index in [4.69, 9.17) is 0 Å². The molecule has 0 unspecified atom stereocenters. The lowest BCUT2D eigenvalue weighted by atomic mass is 10.2. The topological polar surface area (TPSA) is 37.4 Å². The van der Waals surface area contributed by atoms with Crippen LogP contribution in [0.2, 0.25) is 0 Å². The summed E-state index contributed by atoms with van der Waals surface area (Å²) in [6.07, 6.45) is 0. The second-order valence-corrected chi connectivity index (χ2v) is 7.15. The average Bonchev–Trinajstić information content (AvgIpc) is 2.38. The SMILES string of the molecule is Cc1ccc(S(=O)(=O)N(C)c2cccc(Br)c2)cc1. The lowest BCUT2D eigenvalue weighted by Gasteiger charge is -2.19.